The van der Waals surface area contributed by atoms with E-state index in [9.17, 15) is 4.79 Å². The lowest BCUT2D eigenvalue weighted by atomic mass is 9.94. The molecule has 1 fully saturated rings. The molecule has 2 heterocycles. The first-order chi connectivity index (χ1) is 19.1. The lowest BCUT2D eigenvalue weighted by Gasteiger charge is -2.28. The van der Waals surface area contributed by atoms with Crippen molar-refractivity contribution < 1.29 is 4.79 Å². The van der Waals surface area contributed by atoms with Crippen molar-refractivity contribution >= 4 is 11.5 Å². The van der Waals surface area contributed by atoms with Crippen LogP contribution in [-0.4, -0.2) is 29.5 Å². The Balaban J connectivity index is 2.46. The zero-order chi connectivity index (χ0) is 29.7. The molecule has 0 amide bonds. The monoisotopic (exact) mass is 536 g/mol. The summed E-state index contributed by atoms with van der Waals surface area (Å²) in [4.78, 5) is 20.4. The minimum atomic E-state index is -0.0853. The number of likely N-dealkylation sites (tertiary alicyclic amines) is 1. The predicted molar refractivity (Wildman–Crippen MR) is 175 cm³/mol. The third kappa shape index (κ3) is 9.79. The maximum absolute atomic E-state index is 13.0. The summed E-state index contributed by atoms with van der Waals surface area (Å²) >= 11 is 0. The Morgan fingerprint density at radius 1 is 1.07 bits per heavy atom. The lowest BCUT2D eigenvalue weighted by Crippen LogP contribution is -2.26. The highest BCUT2D eigenvalue weighted by molar-refractivity contribution is 6.12. The lowest BCUT2D eigenvalue weighted by molar-refractivity contribution is -0.111. The molecule has 1 saturated heterocycles. The average molecular weight is 537 g/mol. The Hall–Kier alpha value is -3.72. The molecule has 0 N–H and O–H groups in total. The third-order valence-electron chi connectivity index (χ3n) is 7.36. The van der Waals surface area contributed by atoms with Crippen LogP contribution in [0.2, 0.25) is 0 Å². The first-order valence-electron chi connectivity index (χ1n) is 14.4. The first-order valence-corrected chi connectivity index (χ1v) is 14.4. The molecular formula is C37H48N2O. The summed E-state index contributed by atoms with van der Waals surface area (Å²) in [5.41, 5.74) is 9.69. The van der Waals surface area contributed by atoms with Gasteiger partial charge in [0, 0.05) is 37.0 Å². The third-order valence-corrected chi connectivity index (χ3v) is 7.36. The van der Waals surface area contributed by atoms with Crippen LogP contribution < -0.4 is 0 Å². The summed E-state index contributed by atoms with van der Waals surface area (Å²) in [6, 6.07) is 0. The highest BCUT2D eigenvalue weighted by Crippen LogP contribution is 2.28. The zero-order valence-electron chi connectivity index (χ0n) is 25.5. The van der Waals surface area contributed by atoms with Gasteiger partial charge in [-0.2, -0.15) is 0 Å². The van der Waals surface area contributed by atoms with Gasteiger partial charge in [0.25, 0.3) is 0 Å². The topological polar surface area (TPSA) is 32.7 Å². The smallest absolute Gasteiger partial charge is 0.183 e. The number of allylic oxidation sites excluding steroid dienone is 15. The molecule has 0 spiro atoms. The second kappa shape index (κ2) is 16.4. The maximum Gasteiger partial charge on any atom is 0.183 e. The number of hydrogen-bond donors (Lipinski definition) is 0. The summed E-state index contributed by atoms with van der Waals surface area (Å²) < 4.78 is 0. The summed E-state index contributed by atoms with van der Waals surface area (Å²) in [5, 5.41) is 0. The highest BCUT2D eigenvalue weighted by atomic mass is 16.1. The van der Waals surface area contributed by atoms with Crippen LogP contribution in [0.25, 0.3) is 0 Å². The quantitative estimate of drug-likeness (QED) is 0.158. The van der Waals surface area contributed by atoms with Gasteiger partial charge in [0.2, 0.25) is 0 Å². The van der Waals surface area contributed by atoms with Crippen LogP contribution in [0, 0.1) is 0 Å². The largest absolute Gasteiger partial charge is 0.372 e. The molecule has 3 heteroatoms. The second-order valence-corrected chi connectivity index (χ2v) is 10.5. The number of hydrogen-bond acceptors (Lipinski definition) is 3. The summed E-state index contributed by atoms with van der Waals surface area (Å²) in [6.07, 6.45) is 23.7. The average Bonchev–Trinajstić information content (AvgIpc) is 3.07. The fourth-order valence-electron chi connectivity index (χ4n) is 4.66. The van der Waals surface area contributed by atoms with E-state index in [-0.39, 0.29) is 5.78 Å². The molecule has 2 aliphatic rings. The molecule has 0 aromatic rings. The van der Waals surface area contributed by atoms with E-state index in [1.165, 1.54) is 11.3 Å². The van der Waals surface area contributed by atoms with Crippen molar-refractivity contribution in [1.29, 1.82) is 0 Å². The predicted octanol–water partition coefficient (Wildman–Crippen LogP) is 9.65. The minimum Gasteiger partial charge on any atom is -0.372 e. The van der Waals surface area contributed by atoms with E-state index in [2.05, 4.69) is 82.4 Å². The standard InChI is InChI=1S/C37H48N2O/c1-10-27(5)18-19-30(8)35(29(7)11-2)25-32(12-3)36-26-37(40)31(9)24-33(38-36)20-21-34(13-4)39-22-14-16-28(6)17-15-23-39/h10,12-13,18-21,25-26H,1,6-7,9,11,14-17,22-24H2,2-5,8H3/b21-20-,27-18-,30-19-,32-12+,34-13+,35-25-. The fourth-order valence-corrected chi connectivity index (χ4v) is 4.66. The summed E-state index contributed by atoms with van der Waals surface area (Å²) in [6.45, 7) is 28.7. The van der Waals surface area contributed by atoms with Crippen molar-refractivity contribution in [3.05, 3.63) is 131 Å². The Bertz CT molecular complexity index is 1250. The van der Waals surface area contributed by atoms with Crippen molar-refractivity contribution in [3.8, 4) is 0 Å². The number of nitrogens with zero attached hydrogens (tertiary/aromatic N) is 2. The van der Waals surface area contributed by atoms with Crippen molar-refractivity contribution in [2.75, 3.05) is 13.1 Å². The second-order valence-electron chi connectivity index (χ2n) is 10.5. The van der Waals surface area contributed by atoms with Crippen molar-refractivity contribution in [3.63, 3.8) is 0 Å². The van der Waals surface area contributed by atoms with Crippen molar-refractivity contribution in [1.82, 2.24) is 4.90 Å². The molecule has 2 rings (SSSR count). The van der Waals surface area contributed by atoms with Gasteiger partial charge in [0.15, 0.2) is 5.78 Å². The molecule has 0 aromatic carbocycles. The molecular weight excluding hydrogens is 488 g/mol. The normalized spacial score (nSPS) is 19.3. The number of carbonyl (C=O) groups excluding carboxylic acids is 1. The van der Waals surface area contributed by atoms with Gasteiger partial charge in [-0.3, -0.25) is 9.79 Å². The van der Waals surface area contributed by atoms with E-state index in [0.29, 0.717) is 17.7 Å². The van der Waals surface area contributed by atoms with Gasteiger partial charge >= 0.3 is 0 Å². The van der Waals surface area contributed by atoms with Crippen LogP contribution in [-0.2, 0) is 4.79 Å². The number of rotatable bonds is 10. The molecule has 212 valence electrons. The molecule has 0 atom stereocenters. The van der Waals surface area contributed by atoms with Crippen LogP contribution in [0.15, 0.2) is 136 Å². The molecule has 40 heavy (non-hydrogen) atoms. The number of ketones is 1. The van der Waals surface area contributed by atoms with Gasteiger partial charge in [0.1, 0.15) is 0 Å². The maximum atomic E-state index is 13.0. The molecule has 0 saturated carbocycles. The Labute approximate surface area is 243 Å². The van der Waals surface area contributed by atoms with E-state index in [0.717, 1.165) is 78.8 Å². The number of carbonyl (C=O) groups is 1. The Morgan fingerprint density at radius 2 is 1.75 bits per heavy atom. The fraction of sp³-hybridized carbons (Fsp3) is 0.351. The molecule has 0 aliphatic carbocycles. The van der Waals surface area contributed by atoms with E-state index in [4.69, 9.17) is 4.99 Å². The molecule has 0 bridgehead atoms. The minimum absolute atomic E-state index is 0.0853. The first kappa shape index (κ1) is 32.5. The van der Waals surface area contributed by atoms with Crippen LogP contribution in [0.3, 0.4) is 0 Å². The highest BCUT2D eigenvalue weighted by Gasteiger charge is 2.17. The summed E-state index contributed by atoms with van der Waals surface area (Å²) in [7, 11) is 0. The van der Waals surface area contributed by atoms with Gasteiger partial charge in [-0.15, -0.1) is 0 Å². The van der Waals surface area contributed by atoms with Gasteiger partial charge < -0.3 is 4.90 Å². The SMILES string of the molecule is C=C\C(C)=C/C=C(C)\C(=C/C(=C\C)C1=CC(=O)C(=C)CC(/C=C\C(=C/C)N2CCCC(=C)CCC2)=N1)C(=C)CC. The molecule has 3 nitrogen and oxygen atoms in total. The molecule has 0 unspecified atom stereocenters. The van der Waals surface area contributed by atoms with Crippen molar-refractivity contribution in [2.24, 2.45) is 4.99 Å². The number of aliphatic imine (C=N–C) groups is 1. The molecule has 2 aliphatic heterocycles. The van der Waals surface area contributed by atoms with Crippen molar-refractivity contribution in [2.45, 2.75) is 73.1 Å². The van der Waals surface area contributed by atoms with E-state index in [1.807, 2.05) is 32.1 Å². The van der Waals surface area contributed by atoms with Crippen LogP contribution in [0.5, 0.6) is 0 Å². The van der Waals surface area contributed by atoms with Crippen LogP contribution in [0.4, 0.5) is 0 Å². The van der Waals surface area contributed by atoms with Crippen LogP contribution >= 0.6 is 0 Å². The summed E-state index contributed by atoms with van der Waals surface area (Å²) in [5.74, 6) is -0.0853. The molecule has 0 radical (unpaired) electrons. The van der Waals surface area contributed by atoms with Gasteiger partial charge in [0.05, 0.1) is 5.70 Å². The van der Waals surface area contributed by atoms with Gasteiger partial charge in [-0.25, -0.2) is 0 Å². The van der Waals surface area contributed by atoms with Gasteiger partial charge in [-0.05, 0) is 106 Å². The zero-order valence-corrected chi connectivity index (χ0v) is 25.5. The molecule has 0 aromatic heterocycles. The van der Waals surface area contributed by atoms with Crippen LogP contribution in [0.1, 0.15) is 73.1 Å². The van der Waals surface area contributed by atoms with E-state index < -0.39 is 0 Å². The Kier molecular flexibility index (Phi) is 13.3. The Morgan fingerprint density at radius 3 is 2.33 bits per heavy atom. The van der Waals surface area contributed by atoms with Gasteiger partial charge in [-0.1, -0.05) is 74.8 Å². The van der Waals surface area contributed by atoms with E-state index in [1.54, 1.807) is 6.08 Å². The van der Waals surface area contributed by atoms with E-state index >= 15 is 0 Å².